The Balaban J connectivity index is 1.32. The summed E-state index contributed by atoms with van der Waals surface area (Å²) in [6.07, 6.45) is 14.1. The molecule has 2 amide bonds. The van der Waals surface area contributed by atoms with Gasteiger partial charge in [0.25, 0.3) is 11.8 Å². The van der Waals surface area contributed by atoms with E-state index in [9.17, 15) is 9.59 Å². The summed E-state index contributed by atoms with van der Waals surface area (Å²) in [6.45, 7) is 2.57. The summed E-state index contributed by atoms with van der Waals surface area (Å²) in [7, 11) is 0. The minimum absolute atomic E-state index is 0.123. The van der Waals surface area contributed by atoms with Crippen LogP contribution in [0.1, 0.15) is 90.5 Å². The molecule has 6 heteroatoms. The number of nitrogens with zero attached hydrogens (tertiary/aromatic N) is 1. The minimum atomic E-state index is -0.233. The fourth-order valence-corrected chi connectivity index (χ4v) is 5.01. The molecular weight excluding hydrogens is 412 g/mol. The Labute approximate surface area is 197 Å². The van der Waals surface area contributed by atoms with E-state index >= 15 is 0 Å². The second-order valence-electron chi connectivity index (χ2n) is 9.59. The molecule has 176 valence electrons. The molecule has 1 heterocycles. The van der Waals surface area contributed by atoms with Crippen LogP contribution in [0.25, 0.3) is 0 Å². The normalized spacial score (nSPS) is 17.0. The molecule has 2 aromatic rings. The van der Waals surface area contributed by atoms with Crippen molar-refractivity contribution in [3.8, 4) is 0 Å². The topological polar surface area (TPSA) is 83.1 Å². The minimum Gasteiger partial charge on any atom is -0.367 e. The van der Waals surface area contributed by atoms with Gasteiger partial charge in [0.1, 0.15) is 5.82 Å². The van der Waals surface area contributed by atoms with Crippen molar-refractivity contribution in [2.45, 2.75) is 77.2 Å². The van der Waals surface area contributed by atoms with Gasteiger partial charge in [-0.15, -0.1) is 0 Å². The van der Waals surface area contributed by atoms with E-state index in [1.165, 1.54) is 57.8 Å². The number of rotatable bonds is 8. The van der Waals surface area contributed by atoms with Crippen molar-refractivity contribution in [1.82, 2.24) is 10.3 Å². The third-order valence-electron chi connectivity index (χ3n) is 7.04. The molecule has 1 aromatic heterocycles. The quantitative estimate of drug-likeness (QED) is 0.484. The number of aromatic nitrogens is 1. The van der Waals surface area contributed by atoms with Crippen LogP contribution in [-0.4, -0.2) is 29.4 Å². The number of hydrogen-bond acceptors (Lipinski definition) is 4. The molecule has 2 aliphatic carbocycles. The van der Waals surface area contributed by atoms with Crippen molar-refractivity contribution >= 4 is 23.3 Å². The van der Waals surface area contributed by atoms with E-state index in [1.54, 1.807) is 18.3 Å². The first-order chi connectivity index (χ1) is 16.1. The molecule has 2 aliphatic rings. The molecule has 2 saturated carbocycles. The maximum Gasteiger partial charge on any atom is 0.255 e. The van der Waals surface area contributed by atoms with Crippen molar-refractivity contribution in [2.75, 3.05) is 17.2 Å². The van der Waals surface area contributed by atoms with E-state index < -0.39 is 0 Å². The van der Waals surface area contributed by atoms with E-state index in [0.717, 1.165) is 23.7 Å². The Morgan fingerprint density at radius 2 is 1.70 bits per heavy atom. The highest BCUT2D eigenvalue weighted by Gasteiger charge is 2.17. The van der Waals surface area contributed by atoms with Crippen molar-refractivity contribution in [3.05, 3.63) is 53.2 Å². The highest BCUT2D eigenvalue weighted by Crippen LogP contribution is 2.27. The van der Waals surface area contributed by atoms with Crippen LogP contribution in [0.4, 0.5) is 11.5 Å². The molecule has 0 spiro atoms. The first-order valence-electron chi connectivity index (χ1n) is 12.5. The highest BCUT2D eigenvalue weighted by molar-refractivity contribution is 6.07. The number of benzene rings is 1. The summed E-state index contributed by atoms with van der Waals surface area (Å²) in [5, 5.41) is 9.42. The van der Waals surface area contributed by atoms with Gasteiger partial charge in [-0.2, -0.15) is 0 Å². The number of amides is 2. The molecule has 2 fully saturated rings. The number of carbonyl (C=O) groups excluding carboxylic acids is 2. The lowest BCUT2D eigenvalue weighted by Gasteiger charge is -2.23. The van der Waals surface area contributed by atoms with Gasteiger partial charge in [0.05, 0.1) is 11.9 Å². The van der Waals surface area contributed by atoms with Crippen molar-refractivity contribution in [2.24, 2.45) is 5.92 Å². The zero-order valence-electron chi connectivity index (χ0n) is 19.7. The molecule has 0 saturated heterocycles. The largest absolute Gasteiger partial charge is 0.367 e. The van der Waals surface area contributed by atoms with Crippen molar-refractivity contribution in [3.63, 3.8) is 0 Å². The molecule has 33 heavy (non-hydrogen) atoms. The van der Waals surface area contributed by atoms with Gasteiger partial charge in [-0.05, 0) is 61.9 Å². The Bertz CT molecular complexity index is 945. The van der Waals surface area contributed by atoms with E-state index in [-0.39, 0.29) is 11.8 Å². The number of aryl methyl sites for hydroxylation is 1. The zero-order chi connectivity index (χ0) is 23.0. The van der Waals surface area contributed by atoms with E-state index in [4.69, 9.17) is 0 Å². The fourth-order valence-electron chi connectivity index (χ4n) is 5.01. The molecule has 0 radical (unpaired) electrons. The van der Waals surface area contributed by atoms with Crippen LogP contribution >= 0.6 is 0 Å². The average molecular weight is 449 g/mol. The fraction of sp³-hybridized carbons (Fsp3) is 0.519. The lowest BCUT2D eigenvalue weighted by Crippen LogP contribution is -2.26. The molecular formula is C27H36N4O2. The van der Waals surface area contributed by atoms with Crippen LogP contribution in [0.2, 0.25) is 0 Å². The van der Waals surface area contributed by atoms with Gasteiger partial charge in [-0.1, -0.05) is 51.0 Å². The van der Waals surface area contributed by atoms with Crippen molar-refractivity contribution < 1.29 is 9.59 Å². The second kappa shape index (κ2) is 11.3. The Hall–Kier alpha value is -2.89. The van der Waals surface area contributed by atoms with Crippen LogP contribution < -0.4 is 16.0 Å². The number of hydrogen-bond donors (Lipinski definition) is 3. The Kier molecular flexibility index (Phi) is 7.97. The first-order valence-corrected chi connectivity index (χ1v) is 12.5. The molecule has 0 aliphatic heterocycles. The second-order valence-corrected chi connectivity index (χ2v) is 9.59. The number of pyridine rings is 1. The molecule has 0 bridgehead atoms. The van der Waals surface area contributed by atoms with Crippen LogP contribution in [0.3, 0.4) is 0 Å². The van der Waals surface area contributed by atoms with E-state index in [1.807, 2.05) is 25.1 Å². The first kappa shape index (κ1) is 23.3. The summed E-state index contributed by atoms with van der Waals surface area (Å²) in [4.78, 5) is 30.0. The van der Waals surface area contributed by atoms with Crippen LogP contribution in [0, 0.1) is 12.8 Å². The Morgan fingerprint density at radius 3 is 2.42 bits per heavy atom. The van der Waals surface area contributed by atoms with Crippen LogP contribution in [0.5, 0.6) is 0 Å². The predicted molar refractivity (Wildman–Crippen MR) is 133 cm³/mol. The molecule has 0 unspecified atom stereocenters. The maximum atomic E-state index is 12.9. The van der Waals surface area contributed by atoms with Gasteiger partial charge < -0.3 is 16.0 Å². The lowest BCUT2D eigenvalue weighted by molar-refractivity contribution is 0.0951. The lowest BCUT2D eigenvalue weighted by atomic mass is 9.95. The molecule has 3 N–H and O–H groups in total. The van der Waals surface area contributed by atoms with Crippen LogP contribution in [0.15, 0.2) is 36.5 Å². The predicted octanol–water partition coefficient (Wildman–Crippen LogP) is 5.70. The van der Waals surface area contributed by atoms with Gasteiger partial charge in [0, 0.05) is 23.7 Å². The van der Waals surface area contributed by atoms with E-state index in [0.29, 0.717) is 29.4 Å². The van der Waals surface area contributed by atoms with Crippen molar-refractivity contribution in [1.29, 1.82) is 0 Å². The highest BCUT2D eigenvalue weighted by atomic mass is 16.2. The van der Waals surface area contributed by atoms with Gasteiger partial charge in [0.15, 0.2) is 0 Å². The Morgan fingerprint density at radius 1 is 0.939 bits per heavy atom. The summed E-state index contributed by atoms with van der Waals surface area (Å²) >= 11 is 0. The summed E-state index contributed by atoms with van der Waals surface area (Å²) in [5.74, 6) is 1.22. The van der Waals surface area contributed by atoms with Gasteiger partial charge in [0.2, 0.25) is 0 Å². The molecule has 0 atom stereocenters. The monoisotopic (exact) mass is 448 g/mol. The average Bonchev–Trinajstić information content (AvgIpc) is 3.35. The van der Waals surface area contributed by atoms with Gasteiger partial charge >= 0.3 is 0 Å². The third-order valence-corrected chi connectivity index (χ3v) is 7.04. The van der Waals surface area contributed by atoms with Gasteiger partial charge in [-0.3, -0.25) is 9.59 Å². The number of carbonyl (C=O) groups is 2. The molecule has 1 aromatic carbocycles. The standard InChI is InChI=1S/C27H36N4O2/c1-19-11-12-21(26(32)28-16-15-20-7-5-6-8-20)17-24(19)27(33)31-23-13-14-25(29-18-23)30-22-9-3-2-4-10-22/h11-14,17-18,20,22H,2-10,15-16H2,1H3,(H,28,32)(H,29,30)(H,31,33). The SMILES string of the molecule is Cc1ccc(C(=O)NCCC2CCCC2)cc1C(=O)Nc1ccc(NC2CCCCC2)nc1. The maximum absolute atomic E-state index is 12.9. The third kappa shape index (κ3) is 6.56. The number of nitrogens with one attached hydrogen (secondary N) is 3. The zero-order valence-corrected chi connectivity index (χ0v) is 19.7. The smallest absolute Gasteiger partial charge is 0.255 e. The summed E-state index contributed by atoms with van der Waals surface area (Å²) in [6, 6.07) is 9.56. The summed E-state index contributed by atoms with van der Waals surface area (Å²) < 4.78 is 0. The van der Waals surface area contributed by atoms with Crippen LogP contribution in [-0.2, 0) is 0 Å². The molecule has 6 nitrogen and oxygen atoms in total. The summed E-state index contributed by atoms with van der Waals surface area (Å²) in [5.41, 5.74) is 2.49. The van der Waals surface area contributed by atoms with E-state index in [2.05, 4.69) is 20.9 Å². The molecule has 4 rings (SSSR count). The number of anilines is 2. The van der Waals surface area contributed by atoms with Gasteiger partial charge in [-0.25, -0.2) is 4.98 Å².